The molecule has 0 saturated carbocycles. The lowest BCUT2D eigenvalue weighted by atomic mass is 10.1. The second kappa shape index (κ2) is 8.15. The number of nitrogen functional groups attached to an aromatic ring is 1. The smallest absolute Gasteiger partial charge is 0.416 e. The van der Waals surface area contributed by atoms with Gasteiger partial charge in [-0.1, -0.05) is 24.3 Å². The molecule has 11 heteroatoms. The highest BCUT2D eigenvalue weighted by molar-refractivity contribution is 6.03. The van der Waals surface area contributed by atoms with Gasteiger partial charge in [-0.3, -0.25) is 4.79 Å². The Morgan fingerprint density at radius 2 is 1.72 bits per heavy atom. The number of hydrogen-bond acceptors (Lipinski definition) is 4. The van der Waals surface area contributed by atoms with Crippen LogP contribution in [0.25, 0.3) is 27.5 Å². The number of nitrogens with two attached hydrogens (primary N) is 1. The Kier molecular flexibility index (Phi) is 5.20. The van der Waals surface area contributed by atoms with Crippen LogP contribution in [0.5, 0.6) is 0 Å². The van der Waals surface area contributed by atoms with Crippen molar-refractivity contribution >= 4 is 33.5 Å². The fourth-order valence-electron chi connectivity index (χ4n) is 4.36. The van der Waals surface area contributed by atoms with Crippen LogP contribution in [0.4, 0.5) is 18.9 Å². The SMILES string of the molecule is Nc1cccc(Cn2c(C(=O)O)c(-n3c(=O)[nH]c4ccccc4c3=O)c3cc(C(F)(F)F)ccc32)c1. The van der Waals surface area contributed by atoms with Crippen LogP contribution < -0.4 is 17.0 Å². The topological polar surface area (TPSA) is 123 Å². The number of halogens is 3. The normalized spacial score (nSPS) is 11.9. The van der Waals surface area contributed by atoms with Crippen LogP contribution in [-0.2, 0) is 12.7 Å². The van der Waals surface area contributed by atoms with E-state index < -0.39 is 40.3 Å². The van der Waals surface area contributed by atoms with E-state index in [0.29, 0.717) is 15.8 Å². The third kappa shape index (κ3) is 3.70. The fourth-order valence-corrected chi connectivity index (χ4v) is 4.36. The van der Waals surface area contributed by atoms with Gasteiger partial charge in [0.1, 0.15) is 0 Å². The Labute approximate surface area is 199 Å². The van der Waals surface area contributed by atoms with Crippen LogP contribution in [0.3, 0.4) is 0 Å². The molecule has 2 heterocycles. The van der Waals surface area contributed by atoms with Crippen molar-refractivity contribution in [3.63, 3.8) is 0 Å². The number of fused-ring (bicyclic) bond motifs is 2. The molecule has 0 bridgehead atoms. The van der Waals surface area contributed by atoms with E-state index in [0.717, 1.165) is 18.2 Å². The standard InChI is InChI=1S/C25H17F3N4O4/c26-25(27,28)14-8-9-19-17(11-14)20(32-22(33)16-6-1-2-7-18(16)30-24(32)36)21(23(34)35)31(19)12-13-4-3-5-15(29)10-13/h1-11H,12,29H2,(H,30,36)(H,34,35). The molecule has 0 saturated heterocycles. The number of para-hydroxylation sites is 1. The van der Waals surface area contributed by atoms with Crippen molar-refractivity contribution in [2.75, 3.05) is 5.73 Å². The number of carboxylic acids is 1. The van der Waals surface area contributed by atoms with Crippen LogP contribution >= 0.6 is 0 Å². The molecule has 0 fully saturated rings. The van der Waals surface area contributed by atoms with Gasteiger partial charge in [0.25, 0.3) is 5.56 Å². The van der Waals surface area contributed by atoms with E-state index in [4.69, 9.17) is 5.73 Å². The minimum absolute atomic E-state index is 0.0668. The predicted molar refractivity (Wildman–Crippen MR) is 128 cm³/mol. The third-order valence-electron chi connectivity index (χ3n) is 5.89. The van der Waals surface area contributed by atoms with Crippen molar-refractivity contribution in [2.24, 2.45) is 0 Å². The molecule has 36 heavy (non-hydrogen) atoms. The number of nitrogens with zero attached hydrogens (tertiary/aromatic N) is 2. The summed E-state index contributed by atoms with van der Waals surface area (Å²) in [5.74, 6) is -1.53. The first kappa shape index (κ1) is 23.0. The molecular weight excluding hydrogens is 477 g/mol. The number of aromatic amines is 1. The largest absolute Gasteiger partial charge is 0.477 e. The average molecular weight is 494 g/mol. The molecule has 0 aliphatic heterocycles. The van der Waals surface area contributed by atoms with Gasteiger partial charge in [-0.05, 0) is 48.0 Å². The fraction of sp³-hybridized carbons (Fsp3) is 0.0800. The summed E-state index contributed by atoms with van der Waals surface area (Å²) in [6.45, 7) is -0.0885. The molecule has 0 amide bonds. The quantitative estimate of drug-likeness (QED) is 0.326. The van der Waals surface area contributed by atoms with Gasteiger partial charge in [-0.25, -0.2) is 14.2 Å². The average Bonchev–Trinajstić information content (AvgIpc) is 3.12. The van der Waals surface area contributed by atoms with Crippen molar-refractivity contribution < 1.29 is 23.1 Å². The van der Waals surface area contributed by atoms with Gasteiger partial charge in [0.2, 0.25) is 0 Å². The predicted octanol–water partition coefficient (Wildman–Crippen LogP) is 3.98. The number of rotatable bonds is 4. The summed E-state index contributed by atoms with van der Waals surface area (Å²) in [5.41, 5.74) is 3.24. The van der Waals surface area contributed by atoms with Crippen molar-refractivity contribution in [1.82, 2.24) is 14.1 Å². The molecule has 8 nitrogen and oxygen atoms in total. The Hall–Kier alpha value is -4.80. The van der Waals surface area contributed by atoms with E-state index in [9.17, 15) is 32.7 Å². The highest BCUT2D eigenvalue weighted by atomic mass is 19.4. The first-order valence-electron chi connectivity index (χ1n) is 10.6. The number of aromatic nitrogens is 3. The van der Waals surface area contributed by atoms with Gasteiger partial charge in [0.05, 0.1) is 27.7 Å². The summed E-state index contributed by atoms with van der Waals surface area (Å²) in [6, 6.07) is 15.3. The molecule has 0 spiro atoms. The Morgan fingerprint density at radius 1 is 0.972 bits per heavy atom. The van der Waals surface area contributed by atoms with Crippen LogP contribution in [0.1, 0.15) is 21.6 Å². The van der Waals surface area contributed by atoms with Gasteiger partial charge in [-0.15, -0.1) is 0 Å². The first-order chi connectivity index (χ1) is 17.1. The zero-order valence-corrected chi connectivity index (χ0v) is 18.3. The monoisotopic (exact) mass is 494 g/mol. The molecule has 3 aromatic carbocycles. The van der Waals surface area contributed by atoms with Crippen LogP contribution in [0, 0.1) is 0 Å². The molecule has 2 aromatic heterocycles. The third-order valence-corrected chi connectivity index (χ3v) is 5.89. The van der Waals surface area contributed by atoms with Gasteiger partial charge < -0.3 is 20.4 Å². The summed E-state index contributed by atoms with van der Waals surface area (Å²) in [4.78, 5) is 41.4. The maximum absolute atomic E-state index is 13.6. The lowest BCUT2D eigenvalue weighted by molar-refractivity contribution is -0.137. The maximum Gasteiger partial charge on any atom is 0.416 e. The summed E-state index contributed by atoms with van der Waals surface area (Å²) in [7, 11) is 0. The van der Waals surface area contributed by atoms with Gasteiger partial charge >= 0.3 is 17.8 Å². The van der Waals surface area contributed by atoms with Crippen molar-refractivity contribution in [2.45, 2.75) is 12.7 Å². The van der Waals surface area contributed by atoms with Gasteiger partial charge in [0, 0.05) is 17.6 Å². The zero-order valence-electron chi connectivity index (χ0n) is 18.3. The maximum atomic E-state index is 13.6. The van der Waals surface area contributed by atoms with Gasteiger partial charge in [0.15, 0.2) is 5.69 Å². The lowest BCUT2D eigenvalue weighted by Crippen LogP contribution is -2.34. The van der Waals surface area contributed by atoms with E-state index in [1.807, 2.05) is 0 Å². The van der Waals surface area contributed by atoms with E-state index in [-0.39, 0.29) is 28.4 Å². The number of anilines is 1. The number of benzene rings is 3. The highest BCUT2D eigenvalue weighted by Gasteiger charge is 2.33. The van der Waals surface area contributed by atoms with E-state index in [1.54, 1.807) is 36.4 Å². The van der Waals surface area contributed by atoms with E-state index in [2.05, 4.69) is 4.98 Å². The Bertz CT molecular complexity index is 1800. The molecular formula is C25H17F3N4O4. The first-order valence-corrected chi connectivity index (χ1v) is 10.6. The van der Waals surface area contributed by atoms with E-state index in [1.165, 1.54) is 16.7 Å². The summed E-state index contributed by atoms with van der Waals surface area (Å²) >= 11 is 0. The van der Waals surface area contributed by atoms with Crippen LogP contribution in [0.15, 0.2) is 76.3 Å². The van der Waals surface area contributed by atoms with E-state index >= 15 is 0 Å². The number of alkyl halides is 3. The minimum atomic E-state index is -4.74. The number of carboxylic acid groups (broad SMARTS) is 1. The van der Waals surface area contributed by atoms with Crippen LogP contribution in [0.2, 0.25) is 0 Å². The molecule has 0 unspecified atom stereocenters. The van der Waals surface area contributed by atoms with Gasteiger partial charge in [-0.2, -0.15) is 13.2 Å². The lowest BCUT2D eigenvalue weighted by Gasteiger charge is -2.11. The van der Waals surface area contributed by atoms with Crippen molar-refractivity contribution in [3.8, 4) is 5.69 Å². The molecule has 0 aliphatic carbocycles. The second-order valence-corrected chi connectivity index (χ2v) is 8.18. The number of hydrogen-bond donors (Lipinski definition) is 3. The summed E-state index contributed by atoms with van der Waals surface area (Å²) in [5, 5.41) is 10.0. The number of carbonyl (C=O) groups is 1. The molecule has 4 N–H and O–H groups in total. The zero-order chi connectivity index (χ0) is 25.8. The summed E-state index contributed by atoms with van der Waals surface area (Å²) < 4.78 is 42.6. The minimum Gasteiger partial charge on any atom is -0.477 e. The number of H-pyrrole nitrogens is 1. The van der Waals surface area contributed by atoms with Crippen molar-refractivity contribution in [3.05, 3.63) is 104 Å². The van der Waals surface area contributed by atoms with Crippen molar-refractivity contribution in [1.29, 1.82) is 0 Å². The molecule has 0 aliphatic rings. The molecule has 5 rings (SSSR count). The molecule has 182 valence electrons. The highest BCUT2D eigenvalue weighted by Crippen LogP contribution is 2.36. The number of nitrogens with one attached hydrogen (secondary N) is 1. The Morgan fingerprint density at radius 3 is 2.42 bits per heavy atom. The Balaban J connectivity index is 1.93. The summed E-state index contributed by atoms with van der Waals surface area (Å²) in [6.07, 6.45) is -4.74. The van der Waals surface area contributed by atoms with Crippen LogP contribution in [-0.4, -0.2) is 25.2 Å². The second-order valence-electron chi connectivity index (χ2n) is 8.18. The molecule has 0 atom stereocenters. The molecule has 0 radical (unpaired) electrons. The molecule has 5 aromatic rings. The number of aromatic carboxylic acids is 1.